The summed E-state index contributed by atoms with van der Waals surface area (Å²) in [6, 6.07) is -5.14. The first-order chi connectivity index (χ1) is 14.3. The molecule has 0 fully saturated rings. The van der Waals surface area contributed by atoms with Gasteiger partial charge in [-0.1, -0.05) is 20.3 Å². The molecule has 13 heteroatoms. The average Bonchev–Trinajstić information content (AvgIpc) is 2.67. The topological polar surface area (TPSA) is 231 Å². The van der Waals surface area contributed by atoms with Crippen molar-refractivity contribution >= 4 is 35.6 Å². The second-order valence-corrected chi connectivity index (χ2v) is 7.21. The minimum Gasteiger partial charge on any atom is -0.481 e. The first-order valence-corrected chi connectivity index (χ1v) is 9.69. The van der Waals surface area contributed by atoms with Gasteiger partial charge in [0, 0.05) is 6.42 Å². The van der Waals surface area contributed by atoms with E-state index in [1.807, 2.05) is 6.92 Å². The number of nitrogens with two attached hydrogens (primary N) is 2. The van der Waals surface area contributed by atoms with Crippen LogP contribution in [0.15, 0.2) is 0 Å². The molecule has 13 nitrogen and oxygen atoms in total. The summed E-state index contributed by atoms with van der Waals surface area (Å²) in [5.74, 6) is -6.29. The van der Waals surface area contributed by atoms with Crippen molar-refractivity contribution in [2.45, 2.75) is 70.6 Å². The lowest BCUT2D eigenvalue weighted by Crippen LogP contribution is -2.57. The van der Waals surface area contributed by atoms with Gasteiger partial charge in [0.15, 0.2) is 0 Å². The summed E-state index contributed by atoms with van der Waals surface area (Å²) < 4.78 is 0. The Labute approximate surface area is 179 Å². The lowest BCUT2D eigenvalue weighted by atomic mass is 9.99. The minimum atomic E-state index is -1.50. The lowest BCUT2D eigenvalue weighted by Gasteiger charge is -2.24. The largest absolute Gasteiger partial charge is 0.481 e. The van der Waals surface area contributed by atoms with Crippen LogP contribution in [0.1, 0.15) is 46.5 Å². The molecule has 5 unspecified atom stereocenters. The highest BCUT2D eigenvalue weighted by Crippen LogP contribution is 2.06. The van der Waals surface area contributed by atoms with Gasteiger partial charge in [-0.3, -0.25) is 24.0 Å². The van der Waals surface area contributed by atoms with Crippen LogP contribution in [-0.4, -0.2) is 69.9 Å². The van der Waals surface area contributed by atoms with Gasteiger partial charge in [0.1, 0.15) is 18.1 Å². The molecule has 4 amide bonds. The van der Waals surface area contributed by atoms with Crippen molar-refractivity contribution in [2.24, 2.45) is 17.4 Å². The van der Waals surface area contributed by atoms with E-state index >= 15 is 0 Å². The fourth-order valence-corrected chi connectivity index (χ4v) is 2.38. The van der Waals surface area contributed by atoms with Gasteiger partial charge in [0.2, 0.25) is 23.6 Å². The third-order valence-electron chi connectivity index (χ3n) is 4.62. The number of rotatable bonds is 14. The molecule has 0 rings (SSSR count). The lowest BCUT2D eigenvalue weighted by molar-refractivity contribution is -0.143. The Morgan fingerprint density at radius 3 is 1.87 bits per heavy atom. The molecule has 0 spiro atoms. The molecule has 0 aliphatic rings. The fraction of sp³-hybridized carbons (Fsp3) is 0.667. The van der Waals surface area contributed by atoms with Crippen LogP contribution in [0.3, 0.4) is 0 Å². The molecule has 31 heavy (non-hydrogen) atoms. The van der Waals surface area contributed by atoms with Crippen molar-refractivity contribution in [3.63, 3.8) is 0 Å². The maximum absolute atomic E-state index is 12.4. The maximum Gasteiger partial charge on any atom is 0.326 e. The average molecular weight is 445 g/mol. The number of carboxylic acids is 2. The Balaban J connectivity index is 5.12. The number of amides is 4. The normalized spacial score (nSPS) is 15.5. The Hall–Kier alpha value is -3.22. The molecule has 0 aliphatic carbocycles. The smallest absolute Gasteiger partial charge is 0.326 e. The predicted octanol–water partition coefficient (Wildman–Crippen LogP) is -2.34. The third-order valence-corrected chi connectivity index (χ3v) is 4.62. The number of carboxylic acid groups (broad SMARTS) is 2. The van der Waals surface area contributed by atoms with Crippen molar-refractivity contribution < 1.29 is 39.0 Å². The van der Waals surface area contributed by atoms with Crippen LogP contribution in [-0.2, 0) is 28.8 Å². The number of hydrogen-bond acceptors (Lipinski definition) is 7. The Morgan fingerprint density at radius 1 is 0.871 bits per heavy atom. The number of aliphatic carboxylic acids is 2. The van der Waals surface area contributed by atoms with Crippen LogP contribution in [0.2, 0.25) is 0 Å². The van der Waals surface area contributed by atoms with Gasteiger partial charge in [0.05, 0.1) is 12.5 Å². The SMILES string of the molecule is CCC(C)C(N)C(=O)NC(CC(=O)O)C(=O)NC(C)C(=O)NC(CCC(N)=O)C(=O)O. The zero-order chi connectivity index (χ0) is 24.3. The predicted molar refractivity (Wildman–Crippen MR) is 107 cm³/mol. The molecule has 0 aromatic heterocycles. The molecule has 176 valence electrons. The molecule has 0 aromatic carbocycles. The number of carbonyl (C=O) groups is 6. The summed E-state index contributed by atoms with van der Waals surface area (Å²) in [4.78, 5) is 70.0. The number of carbonyl (C=O) groups excluding carboxylic acids is 4. The van der Waals surface area contributed by atoms with E-state index in [9.17, 15) is 28.8 Å². The molecular weight excluding hydrogens is 414 g/mol. The van der Waals surface area contributed by atoms with Crippen molar-refractivity contribution in [3.8, 4) is 0 Å². The molecule has 0 radical (unpaired) electrons. The number of hydrogen-bond donors (Lipinski definition) is 7. The van der Waals surface area contributed by atoms with Crippen LogP contribution >= 0.6 is 0 Å². The summed E-state index contributed by atoms with van der Waals surface area (Å²) in [5, 5.41) is 24.8. The Morgan fingerprint density at radius 2 is 1.42 bits per heavy atom. The highest BCUT2D eigenvalue weighted by Gasteiger charge is 2.30. The van der Waals surface area contributed by atoms with Gasteiger partial charge in [-0.05, 0) is 19.3 Å². The van der Waals surface area contributed by atoms with Gasteiger partial charge >= 0.3 is 11.9 Å². The molecule has 0 saturated heterocycles. The molecule has 0 aliphatic heterocycles. The summed E-state index contributed by atoms with van der Waals surface area (Å²) in [6.45, 7) is 4.78. The quantitative estimate of drug-likeness (QED) is 0.151. The van der Waals surface area contributed by atoms with Gasteiger partial charge in [-0.15, -0.1) is 0 Å². The highest BCUT2D eigenvalue weighted by molar-refractivity contribution is 5.95. The van der Waals surface area contributed by atoms with Gasteiger partial charge in [-0.25, -0.2) is 4.79 Å². The number of primary amides is 1. The fourth-order valence-electron chi connectivity index (χ4n) is 2.38. The van der Waals surface area contributed by atoms with E-state index in [1.165, 1.54) is 6.92 Å². The van der Waals surface area contributed by atoms with Gasteiger partial charge < -0.3 is 37.6 Å². The number of nitrogens with one attached hydrogen (secondary N) is 3. The zero-order valence-corrected chi connectivity index (χ0v) is 17.7. The van der Waals surface area contributed by atoms with E-state index in [0.717, 1.165) is 0 Å². The van der Waals surface area contributed by atoms with Crippen LogP contribution in [0, 0.1) is 5.92 Å². The summed E-state index contributed by atoms with van der Waals surface area (Å²) in [5.41, 5.74) is 10.8. The van der Waals surface area contributed by atoms with Crippen molar-refractivity contribution in [1.29, 1.82) is 0 Å². The van der Waals surface area contributed by atoms with E-state index in [1.54, 1.807) is 6.92 Å². The molecule has 0 saturated carbocycles. The molecule has 9 N–H and O–H groups in total. The minimum absolute atomic E-state index is 0.216. The summed E-state index contributed by atoms with van der Waals surface area (Å²) >= 11 is 0. The second-order valence-electron chi connectivity index (χ2n) is 7.21. The monoisotopic (exact) mass is 445 g/mol. The van der Waals surface area contributed by atoms with Crippen molar-refractivity contribution in [3.05, 3.63) is 0 Å². The molecule has 0 aromatic rings. The van der Waals surface area contributed by atoms with Crippen LogP contribution in [0.4, 0.5) is 0 Å². The molecule has 5 atom stereocenters. The van der Waals surface area contributed by atoms with Crippen LogP contribution in [0.25, 0.3) is 0 Å². The first kappa shape index (κ1) is 27.8. The van der Waals surface area contributed by atoms with Crippen LogP contribution < -0.4 is 27.4 Å². The molecule has 0 heterocycles. The molecular formula is C18H31N5O8. The van der Waals surface area contributed by atoms with Gasteiger partial charge in [-0.2, -0.15) is 0 Å². The van der Waals surface area contributed by atoms with Gasteiger partial charge in [0.25, 0.3) is 0 Å². The van der Waals surface area contributed by atoms with Crippen LogP contribution in [0.5, 0.6) is 0 Å². The highest BCUT2D eigenvalue weighted by atomic mass is 16.4. The van der Waals surface area contributed by atoms with E-state index in [-0.39, 0.29) is 18.8 Å². The van der Waals surface area contributed by atoms with E-state index in [2.05, 4.69) is 16.0 Å². The Bertz CT molecular complexity index is 698. The summed E-state index contributed by atoms with van der Waals surface area (Å²) in [7, 11) is 0. The maximum atomic E-state index is 12.4. The standard InChI is InChI=1S/C18H31N5O8/c1-4-8(2)14(20)17(29)23-11(7-13(25)26)16(28)21-9(3)15(27)22-10(18(30)31)5-6-12(19)24/h8-11,14H,4-7,20H2,1-3H3,(H2,19,24)(H,21,28)(H,22,27)(H,23,29)(H,25,26)(H,30,31). The van der Waals surface area contributed by atoms with Crippen molar-refractivity contribution in [1.82, 2.24) is 16.0 Å². The van der Waals surface area contributed by atoms with E-state index in [4.69, 9.17) is 21.7 Å². The van der Waals surface area contributed by atoms with Crippen molar-refractivity contribution in [2.75, 3.05) is 0 Å². The zero-order valence-electron chi connectivity index (χ0n) is 17.7. The Kier molecular flexibility index (Phi) is 11.8. The summed E-state index contributed by atoms with van der Waals surface area (Å²) in [6.07, 6.45) is -0.693. The molecule has 0 bridgehead atoms. The second kappa shape index (κ2) is 13.2. The van der Waals surface area contributed by atoms with E-state index in [0.29, 0.717) is 6.42 Å². The third kappa shape index (κ3) is 10.4. The first-order valence-electron chi connectivity index (χ1n) is 9.69. The van der Waals surface area contributed by atoms with E-state index < -0.39 is 66.2 Å².